The molecular formula is C38H44F4N10O6. The van der Waals surface area contributed by atoms with Crippen molar-refractivity contribution in [1.82, 2.24) is 50.3 Å². The van der Waals surface area contributed by atoms with Crippen molar-refractivity contribution in [2.45, 2.75) is 82.0 Å². The molecule has 3 fully saturated rings. The van der Waals surface area contributed by atoms with Gasteiger partial charge < -0.3 is 39.9 Å². The fraction of sp³-hybridized carbons (Fsp3) is 0.474. The van der Waals surface area contributed by atoms with E-state index in [4.69, 9.17) is 9.47 Å². The second kappa shape index (κ2) is 18.5. The number of hydrogen-bond donors (Lipinski definition) is 4. The first kappa shape index (κ1) is 41.6. The number of piperidine rings is 2. The number of amides is 4. The van der Waals surface area contributed by atoms with Crippen LogP contribution in [-0.2, 0) is 9.59 Å². The van der Waals surface area contributed by atoms with Crippen LogP contribution in [0, 0.1) is 0 Å². The van der Waals surface area contributed by atoms with E-state index in [1.54, 1.807) is 16.0 Å². The second-order valence-corrected chi connectivity index (χ2v) is 14.1. The van der Waals surface area contributed by atoms with E-state index in [-0.39, 0.29) is 52.9 Å². The molecule has 0 radical (unpaired) electrons. The van der Waals surface area contributed by atoms with Gasteiger partial charge >= 0.3 is 6.18 Å². The summed E-state index contributed by atoms with van der Waals surface area (Å²) in [6.07, 6.45) is 5.92. The highest BCUT2D eigenvalue weighted by molar-refractivity contribution is 6.05. The highest BCUT2D eigenvalue weighted by Gasteiger charge is 2.29. The Kier molecular flexibility index (Phi) is 13.2. The number of aromatic nitrogens is 6. The van der Waals surface area contributed by atoms with E-state index in [2.05, 4.69) is 53.7 Å². The van der Waals surface area contributed by atoms with Crippen molar-refractivity contribution in [3.8, 4) is 11.8 Å². The van der Waals surface area contributed by atoms with Crippen molar-refractivity contribution in [2.75, 3.05) is 32.7 Å². The molecule has 3 aliphatic rings. The number of aromatic amines is 2. The van der Waals surface area contributed by atoms with E-state index in [0.29, 0.717) is 99.4 Å². The van der Waals surface area contributed by atoms with E-state index >= 15 is 0 Å². The lowest BCUT2D eigenvalue weighted by molar-refractivity contribution is -0.133. The van der Waals surface area contributed by atoms with E-state index in [1.165, 1.54) is 30.7 Å². The average Bonchev–Trinajstić information content (AvgIpc) is 3.95. The largest absolute Gasteiger partial charge is 0.473 e. The first-order chi connectivity index (χ1) is 27.8. The van der Waals surface area contributed by atoms with Crippen molar-refractivity contribution < 1.29 is 46.2 Å². The fourth-order valence-corrected chi connectivity index (χ4v) is 6.93. The quantitative estimate of drug-likeness (QED) is 0.125. The Bertz CT molecular complexity index is 2120. The first-order valence-electron chi connectivity index (χ1n) is 18.9. The number of alkyl halides is 4. The van der Waals surface area contributed by atoms with Gasteiger partial charge in [0.05, 0.1) is 29.9 Å². The van der Waals surface area contributed by atoms with Gasteiger partial charge in [0, 0.05) is 76.8 Å². The number of fused-ring (bicyclic) bond motifs is 2. The smallest absolute Gasteiger partial charge is 0.390 e. The van der Waals surface area contributed by atoms with Crippen molar-refractivity contribution in [3.63, 3.8) is 0 Å². The summed E-state index contributed by atoms with van der Waals surface area (Å²) in [5, 5.41) is 5.10. The molecule has 4 amide bonds. The van der Waals surface area contributed by atoms with Crippen molar-refractivity contribution in [2.24, 2.45) is 0 Å². The summed E-state index contributed by atoms with van der Waals surface area (Å²) in [6, 6.07) is -0.154. The van der Waals surface area contributed by atoms with Gasteiger partial charge in [0.15, 0.2) is 11.3 Å². The summed E-state index contributed by atoms with van der Waals surface area (Å²) in [5.41, 5.74) is 1.91. The van der Waals surface area contributed by atoms with Gasteiger partial charge in [-0.25, -0.2) is 24.3 Å². The molecule has 310 valence electrons. The highest BCUT2D eigenvalue weighted by atomic mass is 19.4. The van der Waals surface area contributed by atoms with E-state index in [0.717, 1.165) is 0 Å². The third kappa shape index (κ3) is 10.6. The number of nitrogens with zero attached hydrogens (tertiary/aromatic N) is 6. The van der Waals surface area contributed by atoms with Crippen LogP contribution in [0.3, 0.4) is 0 Å². The predicted molar refractivity (Wildman–Crippen MR) is 202 cm³/mol. The molecule has 0 bridgehead atoms. The third-order valence-corrected chi connectivity index (χ3v) is 10.0. The minimum atomic E-state index is -4.35. The van der Waals surface area contributed by atoms with Gasteiger partial charge in [-0.3, -0.25) is 19.2 Å². The van der Waals surface area contributed by atoms with Crippen LogP contribution in [0.15, 0.2) is 50.1 Å². The lowest BCUT2D eigenvalue weighted by Gasteiger charge is -2.31. The van der Waals surface area contributed by atoms with Gasteiger partial charge in [0.1, 0.15) is 29.4 Å². The lowest BCUT2D eigenvalue weighted by Crippen LogP contribution is -2.41. The minimum absolute atomic E-state index is 0.0750. The summed E-state index contributed by atoms with van der Waals surface area (Å²) in [5.74, 6) is -0.632. The number of nitrogens with one attached hydrogen (secondary N) is 4. The summed E-state index contributed by atoms with van der Waals surface area (Å²) < 4.78 is 61.9. The molecule has 1 saturated carbocycles. The van der Waals surface area contributed by atoms with Crippen LogP contribution in [0.2, 0.25) is 0 Å². The van der Waals surface area contributed by atoms with Crippen LogP contribution in [0.4, 0.5) is 17.6 Å². The van der Waals surface area contributed by atoms with Crippen molar-refractivity contribution in [3.05, 3.63) is 61.2 Å². The fourth-order valence-electron chi connectivity index (χ4n) is 6.93. The van der Waals surface area contributed by atoms with Gasteiger partial charge in [0.2, 0.25) is 23.6 Å². The van der Waals surface area contributed by atoms with Gasteiger partial charge in [-0.05, 0) is 31.4 Å². The number of carbonyl (C=O) groups is 4. The van der Waals surface area contributed by atoms with Crippen LogP contribution in [-0.4, -0.2) is 127 Å². The molecule has 1 aliphatic carbocycles. The van der Waals surface area contributed by atoms with E-state index < -0.39 is 31.2 Å². The Hall–Kier alpha value is -6.08. The van der Waals surface area contributed by atoms with Gasteiger partial charge in [0.25, 0.3) is 11.8 Å². The van der Waals surface area contributed by atoms with Crippen LogP contribution in [0.5, 0.6) is 11.8 Å². The Balaban J connectivity index is 0.000000196. The van der Waals surface area contributed by atoms with Crippen molar-refractivity contribution in [1.29, 1.82) is 0 Å². The van der Waals surface area contributed by atoms with Crippen LogP contribution >= 0.6 is 0 Å². The van der Waals surface area contributed by atoms with Crippen LogP contribution in [0.25, 0.3) is 22.3 Å². The summed E-state index contributed by atoms with van der Waals surface area (Å²) in [6.45, 7) is 8.70. The SMILES string of the molecule is C=CC(=O)N1CCC(Oc2cnc3[nH]cc(C(=O)NCCC(F)(F)F)c3n2)CC1.C=CC(=O)N1CCC(Oc2cnc3[nH]cc(C(=O)N[C@@H]4CC[C@H](F)C4)c3n2)CC1. The maximum absolute atomic E-state index is 13.4. The highest BCUT2D eigenvalue weighted by Crippen LogP contribution is 2.25. The zero-order valence-electron chi connectivity index (χ0n) is 31.5. The molecule has 4 aromatic heterocycles. The normalized spacial score (nSPS) is 19.0. The molecule has 2 saturated heterocycles. The molecule has 0 unspecified atom stereocenters. The molecular weight excluding hydrogens is 768 g/mol. The molecule has 16 nitrogen and oxygen atoms in total. The summed E-state index contributed by atoms with van der Waals surface area (Å²) in [7, 11) is 0. The van der Waals surface area contributed by atoms with Crippen LogP contribution in [0.1, 0.15) is 72.1 Å². The van der Waals surface area contributed by atoms with E-state index in [1.807, 2.05) is 0 Å². The molecule has 2 aliphatic heterocycles. The van der Waals surface area contributed by atoms with Crippen molar-refractivity contribution >= 4 is 46.0 Å². The maximum atomic E-state index is 13.4. The Morgan fingerprint density at radius 2 is 1.26 bits per heavy atom. The standard InChI is InChI=1S/C20H24FN5O3.C18H20F3N5O3/c1-2-17(27)26-7-5-14(6-8-26)29-16-11-23-19-18(25-16)15(10-22-19)20(28)24-13-4-3-12(21)9-13;1-2-14(27)26-7-3-11(4-8-26)29-13-10-24-16-15(25-13)12(9-23-16)17(28)22-6-5-18(19,20)21/h2,10-14H,1,3-9H2,(H,22,23)(H,24,28);2,9-11H,1,3-8H2,(H,22,28)(H,23,24)/t12-,13+;/m0./s1. The monoisotopic (exact) mass is 812 g/mol. The topological polar surface area (TPSA) is 200 Å². The molecule has 7 rings (SSSR count). The van der Waals surface area contributed by atoms with Gasteiger partial charge in [-0.15, -0.1) is 0 Å². The van der Waals surface area contributed by atoms with Crippen LogP contribution < -0.4 is 20.1 Å². The van der Waals surface area contributed by atoms with Gasteiger partial charge in [-0.2, -0.15) is 13.2 Å². The molecule has 0 aromatic carbocycles. The second-order valence-electron chi connectivity index (χ2n) is 14.1. The Labute approximate surface area is 329 Å². The Morgan fingerprint density at radius 1 is 0.776 bits per heavy atom. The number of rotatable bonds is 11. The Morgan fingerprint density at radius 3 is 1.69 bits per heavy atom. The van der Waals surface area contributed by atoms with E-state index in [9.17, 15) is 36.7 Å². The zero-order valence-corrected chi connectivity index (χ0v) is 31.5. The molecule has 0 spiro atoms. The number of halogens is 4. The number of H-pyrrole nitrogens is 2. The number of hydrogen-bond acceptors (Lipinski definition) is 10. The molecule has 2 atom stereocenters. The third-order valence-electron chi connectivity index (χ3n) is 10.0. The maximum Gasteiger partial charge on any atom is 0.390 e. The average molecular weight is 813 g/mol. The number of ether oxygens (including phenoxy) is 2. The molecule has 4 N–H and O–H groups in total. The molecule has 20 heteroatoms. The number of carbonyl (C=O) groups excluding carboxylic acids is 4. The predicted octanol–water partition coefficient (Wildman–Crippen LogP) is 4.33. The minimum Gasteiger partial charge on any atom is -0.473 e. The molecule has 4 aromatic rings. The summed E-state index contributed by atoms with van der Waals surface area (Å²) in [4.78, 5) is 74.4. The zero-order chi connectivity index (χ0) is 41.4. The molecule has 58 heavy (non-hydrogen) atoms. The summed E-state index contributed by atoms with van der Waals surface area (Å²) >= 11 is 0. The number of likely N-dealkylation sites (tertiary alicyclic amines) is 2. The van der Waals surface area contributed by atoms with Gasteiger partial charge in [-0.1, -0.05) is 13.2 Å². The first-order valence-corrected chi connectivity index (χ1v) is 18.9. The molecule has 6 heterocycles. The lowest BCUT2D eigenvalue weighted by atomic mass is 10.1.